The van der Waals surface area contributed by atoms with E-state index in [0.29, 0.717) is 30.8 Å². The van der Waals surface area contributed by atoms with E-state index in [1.165, 1.54) is 12.3 Å². The lowest BCUT2D eigenvalue weighted by atomic mass is 9.95. The summed E-state index contributed by atoms with van der Waals surface area (Å²) in [6.07, 6.45) is 6.60. The zero-order valence-electron chi connectivity index (χ0n) is 22.9. The van der Waals surface area contributed by atoms with Gasteiger partial charge in [-0.25, -0.2) is 4.39 Å². The van der Waals surface area contributed by atoms with E-state index in [-0.39, 0.29) is 23.5 Å². The highest BCUT2D eigenvalue weighted by atomic mass is 19.1. The van der Waals surface area contributed by atoms with Gasteiger partial charge in [0.15, 0.2) is 0 Å². The third kappa shape index (κ3) is 8.09. The van der Waals surface area contributed by atoms with Crippen LogP contribution in [-0.2, 0) is 16.0 Å². The van der Waals surface area contributed by atoms with E-state index in [1.807, 2.05) is 50.2 Å². The maximum absolute atomic E-state index is 13.4. The van der Waals surface area contributed by atoms with Gasteiger partial charge in [0.2, 0.25) is 5.91 Å². The highest BCUT2D eigenvalue weighted by molar-refractivity contribution is 6.27. The number of carbonyl (C=O) groups is 2. The van der Waals surface area contributed by atoms with Crippen LogP contribution in [0, 0.1) is 18.7 Å². The number of hydrogen-bond donors (Lipinski definition) is 1. The van der Waals surface area contributed by atoms with Crippen LogP contribution in [0.2, 0.25) is 0 Å². The Morgan fingerprint density at radius 1 is 1.05 bits per heavy atom. The second-order valence-corrected chi connectivity index (χ2v) is 9.95. The van der Waals surface area contributed by atoms with Gasteiger partial charge < -0.3 is 15.0 Å². The molecule has 0 aromatic heterocycles. The minimum Gasteiger partial charge on any atom is -0.457 e. The Bertz CT molecular complexity index is 1340. The summed E-state index contributed by atoms with van der Waals surface area (Å²) in [5.41, 5.74) is 2.67. The maximum Gasteiger partial charge on any atom is 0.267 e. The minimum absolute atomic E-state index is 0.162. The van der Waals surface area contributed by atoms with E-state index in [0.717, 1.165) is 36.1 Å². The Morgan fingerprint density at radius 3 is 2.52 bits per heavy atom. The molecule has 40 heavy (non-hydrogen) atoms. The molecule has 8 heteroatoms. The maximum atomic E-state index is 13.4. The normalized spacial score (nSPS) is 17.0. The topological polar surface area (TPSA) is 83.4 Å². The zero-order chi connectivity index (χ0) is 28.3. The molecule has 2 amide bonds. The summed E-state index contributed by atoms with van der Waals surface area (Å²) in [6, 6.07) is 20.8. The predicted octanol–water partition coefficient (Wildman–Crippen LogP) is 6.57. The highest BCUT2D eigenvalue weighted by Crippen LogP contribution is 2.29. The van der Waals surface area contributed by atoms with E-state index < -0.39 is 6.04 Å². The molecule has 0 radical (unpaired) electrons. The molecule has 1 aliphatic heterocycles. The number of halogens is 1. The van der Waals surface area contributed by atoms with E-state index in [2.05, 4.69) is 15.5 Å². The van der Waals surface area contributed by atoms with Crippen LogP contribution in [0.1, 0.15) is 43.7 Å². The highest BCUT2D eigenvalue weighted by Gasteiger charge is 2.38. The first kappa shape index (κ1) is 28.7. The lowest BCUT2D eigenvalue weighted by Gasteiger charge is -2.22. The fraction of sp³-hybridized carbons (Fsp3) is 0.312. The molecule has 0 saturated carbocycles. The summed E-state index contributed by atoms with van der Waals surface area (Å²) >= 11 is 0. The second kappa shape index (κ2) is 14.2. The molecule has 3 aromatic rings. The first-order chi connectivity index (χ1) is 19.4. The Labute approximate surface area is 234 Å². The van der Waals surface area contributed by atoms with Gasteiger partial charge in [-0.3, -0.25) is 9.59 Å². The summed E-state index contributed by atoms with van der Waals surface area (Å²) < 4.78 is 19.3. The SMILES string of the molecule is CC/C=N/N=C\C(=O)N1CC(CCCc2ccc(F)cc2C)CC1C(=O)Nc1ccc(Oc2ccccc2)cc1. The lowest BCUT2D eigenvalue weighted by Crippen LogP contribution is -2.43. The average Bonchev–Trinajstić information content (AvgIpc) is 3.38. The molecular formula is C32H35FN4O3. The monoisotopic (exact) mass is 542 g/mol. The molecule has 1 fully saturated rings. The molecule has 0 spiro atoms. The number of rotatable bonds is 11. The molecule has 0 aliphatic carbocycles. The van der Waals surface area contributed by atoms with Crippen molar-refractivity contribution in [1.82, 2.24) is 4.90 Å². The van der Waals surface area contributed by atoms with Gasteiger partial charge in [0.05, 0.1) is 0 Å². The van der Waals surface area contributed by atoms with Crippen LogP contribution in [0.4, 0.5) is 10.1 Å². The van der Waals surface area contributed by atoms with Gasteiger partial charge in [0, 0.05) is 18.4 Å². The van der Waals surface area contributed by atoms with Gasteiger partial charge in [0.1, 0.15) is 29.6 Å². The van der Waals surface area contributed by atoms with Crippen molar-refractivity contribution in [2.75, 3.05) is 11.9 Å². The minimum atomic E-state index is -0.619. The van der Waals surface area contributed by atoms with Gasteiger partial charge in [0.25, 0.3) is 5.91 Å². The smallest absolute Gasteiger partial charge is 0.267 e. The number of benzene rings is 3. The van der Waals surface area contributed by atoms with Crippen molar-refractivity contribution in [3.05, 3.63) is 89.7 Å². The number of likely N-dealkylation sites (tertiary alicyclic amines) is 1. The number of nitrogens with zero attached hydrogens (tertiary/aromatic N) is 3. The molecule has 3 aromatic carbocycles. The Morgan fingerprint density at radius 2 is 1.80 bits per heavy atom. The molecule has 1 aliphatic rings. The molecule has 0 bridgehead atoms. The van der Waals surface area contributed by atoms with Crippen LogP contribution in [-0.4, -0.2) is 41.7 Å². The van der Waals surface area contributed by atoms with Crippen molar-refractivity contribution >= 4 is 29.9 Å². The van der Waals surface area contributed by atoms with Crippen LogP contribution in [0.15, 0.2) is 83.0 Å². The van der Waals surface area contributed by atoms with E-state index in [9.17, 15) is 14.0 Å². The van der Waals surface area contributed by atoms with E-state index in [1.54, 1.807) is 41.4 Å². The predicted molar refractivity (Wildman–Crippen MR) is 157 cm³/mol. The molecule has 7 nitrogen and oxygen atoms in total. The molecule has 1 saturated heterocycles. The number of para-hydroxylation sites is 1. The van der Waals surface area contributed by atoms with E-state index in [4.69, 9.17) is 4.74 Å². The second-order valence-electron chi connectivity index (χ2n) is 9.95. The third-order valence-corrected chi connectivity index (χ3v) is 6.94. The molecule has 4 rings (SSSR count). The number of amides is 2. The average molecular weight is 543 g/mol. The Kier molecular flexibility index (Phi) is 10.2. The number of hydrogen-bond acceptors (Lipinski definition) is 5. The Hall–Kier alpha value is -4.33. The molecule has 1 heterocycles. The lowest BCUT2D eigenvalue weighted by molar-refractivity contribution is -0.131. The van der Waals surface area contributed by atoms with Gasteiger partial charge in [-0.05, 0) is 105 Å². The molecule has 1 N–H and O–H groups in total. The van der Waals surface area contributed by atoms with Crippen LogP contribution < -0.4 is 10.1 Å². The van der Waals surface area contributed by atoms with Crippen molar-refractivity contribution in [2.45, 2.75) is 52.0 Å². The number of nitrogens with one attached hydrogen (secondary N) is 1. The van der Waals surface area contributed by atoms with Crippen molar-refractivity contribution in [3.8, 4) is 11.5 Å². The first-order valence-electron chi connectivity index (χ1n) is 13.7. The Balaban J connectivity index is 1.39. The van der Waals surface area contributed by atoms with Crippen molar-refractivity contribution < 1.29 is 18.7 Å². The van der Waals surface area contributed by atoms with E-state index >= 15 is 0 Å². The van der Waals surface area contributed by atoms with Crippen molar-refractivity contribution in [1.29, 1.82) is 0 Å². The molecule has 2 atom stereocenters. The van der Waals surface area contributed by atoms with Gasteiger partial charge in [-0.15, -0.1) is 0 Å². The van der Waals surface area contributed by atoms with Crippen molar-refractivity contribution in [2.24, 2.45) is 16.1 Å². The summed E-state index contributed by atoms with van der Waals surface area (Å²) in [7, 11) is 0. The number of anilines is 1. The van der Waals surface area contributed by atoms with Crippen LogP contribution in [0.5, 0.6) is 11.5 Å². The van der Waals surface area contributed by atoms with Crippen LogP contribution in [0.25, 0.3) is 0 Å². The summed E-state index contributed by atoms with van der Waals surface area (Å²) in [4.78, 5) is 27.9. The standard InChI is InChI=1S/C32H35FN4O3/c1-3-18-34-35-21-31(38)37-22-24(8-7-9-25-12-13-26(33)19-23(25)2)20-30(37)32(39)36-27-14-16-29(17-15-27)40-28-10-5-4-6-11-28/h4-6,10-19,21,24,30H,3,7-9,20,22H2,1-2H3,(H,36,39)/b34-18+,35-21-. The molecule has 208 valence electrons. The summed E-state index contributed by atoms with van der Waals surface area (Å²) in [6.45, 7) is 4.31. The molecule has 2 unspecified atom stereocenters. The summed E-state index contributed by atoms with van der Waals surface area (Å²) in [5.74, 6) is 0.731. The molecular weight excluding hydrogens is 507 g/mol. The largest absolute Gasteiger partial charge is 0.457 e. The number of ether oxygens (including phenoxy) is 1. The quantitative estimate of drug-likeness (QED) is 0.220. The van der Waals surface area contributed by atoms with Crippen LogP contribution in [0.3, 0.4) is 0 Å². The van der Waals surface area contributed by atoms with Crippen molar-refractivity contribution in [3.63, 3.8) is 0 Å². The number of aryl methyl sites for hydroxylation is 2. The van der Waals surface area contributed by atoms with Gasteiger partial charge in [-0.1, -0.05) is 31.2 Å². The van der Waals surface area contributed by atoms with Gasteiger partial charge in [-0.2, -0.15) is 10.2 Å². The fourth-order valence-electron chi connectivity index (χ4n) is 4.89. The van der Waals surface area contributed by atoms with Crippen LogP contribution >= 0.6 is 0 Å². The summed E-state index contributed by atoms with van der Waals surface area (Å²) in [5, 5.41) is 10.7. The number of carbonyl (C=O) groups excluding carboxylic acids is 2. The first-order valence-corrected chi connectivity index (χ1v) is 13.7. The third-order valence-electron chi connectivity index (χ3n) is 6.94. The fourth-order valence-corrected chi connectivity index (χ4v) is 4.89. The zero-order valence-corrected chi connectivity index (χ0v) is 22.9. The van der Waals surface area contributed by atoms with Gasteiger partial charge >= 0.3 is 0 Å².